The van der Waals surface area contributed by atoms with Crippen molar-refractivity contribution >= 4 is 17.6 Å². The summed E-state index contributed by atoms with van der Waals surface area (Å²) >= 11 is 0. The molecular formula is C18H17F3N2O3. The first-order valence-corrected chi connectivity index (χ1v) is 7.59. The lowest BCUT2D eigenvalue weighted by Gasteiger charge is -2.17. The normalized spacial score (nSPS) is 12.3. The molecule has 5 nitrogen and oxygen atoms in total. The minimum Gasteiger partial charge on any atom is -0.467 e. The van der Waals surface area contributed by atoms with Crippen LogP contribution in [0, 0.1) is 0 Å². The Morgan fingerprint density at radius 3 is 2.35 bits per heavy atom. The van der Waals surface area contributed by atoms with Crippen LogP contribution < -0.4 is 11.1 Å². The van der Waals surface area contributed by atoms with E-state index in [9.17, 15) is 22.8 Å². The summed E-state index contributed by atoms with van der Waals surface area (Å²) in [6.07, 6.45) is -4.75. The van der Waals surface area contributed by atoms with Gasteiger partial charge in [0.15, 0.2) is 0 Å². The third-order valence-electron chi connectivity index (χ3n) is 3.69. The van der Waals surface area contributed by atoms with Crippen LogP contribution in [0.15, 0.2) is 42.5 Å². The molecule has 0 aliphatic rings. The molecule has 1 atom stereocenters. The number of amides is 1. The van der Waals surface area contributed by atoms with Gasteiger partial charge in [0.05, 0.1) is 18.2 Å². The molecule has 0 saturated carbocycles. The predicted octanol–water partition coefficient (Wildman–Crippen LogP) is 3.25. The Kier molecular flexibility index (Phi) is 5.54. The third kappa shape index (κ3) is 4.33. The Morgan fingerprint density at radius 2 is 1.77 bits per heavy atom. The van der Waals surface area contributed by atoms with Crippen LogP contribution in [0.2, 0.25) is 0 Å². The summed E-state index contributed by atoms with van der Waals surface area (Å²) in [6, 6.07) is 8.65. The molecular weight excluding hydrogens is 349 g/mol. The first-order chi connectivity index (χ1) is 12.1. The van der Waals surface area contributed by atoms with Crippen LogP contribution >= 0.6 is 0 Å². The van der Waals surface area contributed by atoms with Crippen molar-refractivity contribution < 1.29 is 27.5 Å². The summed E-state index contributed by atoms with van der Waals surface area (Å²) in [4.78, 5) is 23.6. The average Bonchev–Trinajstić information content (AvgIpc) is 2.59. The molecule has 0 spiro atoms. The molecule has 0 aliphatic carbocycles. The van der Waals surface area contributed by atoms with Gasteiger partial charge in [0.25, 0.3) is 5.91 Å². The largest absolute Gasteiger partial charge is 0.467 e. The molecule has 0 saturated heterocycles. The van der Waals surface area contributed by atoms with Crippen LogP contribution in [0.1, 0.15) is 22.8 Å². The first kappa shape index (κ1) is 19.3. The Hall–Kier alpha value is -3.03. The number of nitrogens with one attached hydrogen (secondary N) is 1. The fourth-order valence-corrected chi connectivity index (χ4v) is 2.38. The van der Waals surface area contributed by atoms with Crippen molar-refractivity contribution in [2.75, 3.05) is 12.8 Å². The summed E-state index contributed by atoms with van der Waals surface area (Å²) in [5.74, 6) is -1.78. The zero-order valence-corrected chi connectivity index (χ0v) is 14.1. The third-order valence-corrected chi connectivity index (χ3v) is 3.69. The molecule has 2 aromatic rings. The molecule has 0 aromatic heterocycles. The van der Waals surface area contributed by atoms with Crippen molar-refractivity contribution in [2.45, 2.75) is 19.1 Å². The first-order valence-electron chi connectivity index (χ1n) is 7.59. The number of alkyl halides is 3. The molecule has 8 heteroatoms. The molecule has 1 amide bonds. The number of benzene rings is 2. The lowest BCUT2D eigenvalue weighted by molar-refractivity contribution is -0.142. The quantitative estimate of drug-likeness (QED) is 0.643. The van der Waals surface area contributed by atoms with Gasteiger partial charge in [0.2, 0.25) is 0 Å². The number of nitrogens with two attached hydrogens (primary N) is 1. The van der Waals surface area contributed by atoms with Gasteiger partial charge in [-0.05, 0) is 42.3 Å². The standard InChI is InChI=1S/C18H17F3N2O3/c1-10(17(25)26-2)23-16(24)14-7-6-12(9-15(14)18(19,20)21)11-4-3-5-13(22)8-11/h3-10H,22H2,1-2H3,(H,23,24)/t10-/m0/s1. The number of carbonyl (C=O) groups is 2. The van der Waals surface area contributed by atoms with Crippen molar-refractivity contribution in [3.05, 3.63) is 53.6 Å². The van der Waals surface area contributed by atoms with E-state index in [0.717, 1.165) is 19.2 Å². The number of carbonyl (C=O) groups excluding carboxylic acids is 2. The Balaban J connectivity index is 2.44. The van der Waals surface area contributed by atoms with Crippen LogP contribution in [0.5, 0.6) is 0 Å². The molecule has 3 N–H and O–H groups in total. The highest BCUT2D eigenvalue weighted by Gasteiger charge is 2.36. The zero-order valence-electron chi connectivity index (χ0n) is 14.1. The molecule has 2 rings (SSSR count). The summed E-state index contributed by atoms with van der Waals surface area (Å²) in [7, 11) is 1.12. The van der Waals surface area contributed by atoms with Crippen LogP contribution in [-0.4, -0.2) is 25.0 Å². The molecule has 138 valence electrons. The van der Waals surface area contributed by atoms with E-state index in [1.54, 1.807) is 18.2 Å². The number of ether oxygens (including phenoxy) is 1. The van der Waals surface area contributed by atoms with Gasteiger partial charge in [-0.25, -0.2) is 4.79 Å². The van der Waals surface area contributed by atoms with Crippen LogP contribution in [-0.2, 0) is 15.7 Å². The number of halogens is 3. The van der Waals surface area contributed by atoms with Gasteiger partial charge in [-0.2, -0.15) is 13.2 Å². The SMILES string of the molecule is COC(=O)[C@H](C)NC(=O)c1ccc(-c2cccc(N)c2)cc1C(F)(F)F. The van der Waals surface area contributed by atoms with Crippen LogP contribution in [0.3, 0.4) is 0 Å². The molecule has 26 heavy (non-hydrogen) atoms. The fourth-order valence-electron chi connectivity index (χ4n) is 2.38. The summed E-state index contributed by atoms with van der Waals surface area (Å²) in [5, 5.41) is 2.19. The van der Waals surface area contributed by atoms with Gasteiger partial charge >= 0.3 is 12.1 Å². The van der Waals surface area contributed by atoms with E-state index in [-0.39, 0.29) is 5.56 Å². The van der Waals surface area contributed by atoms with E-state index in [1.807, 2.05) is 0 Å². The smallest absolute Gasteiger partial charge is 0.417 e. The molecule has 0 aliphatic heterocycles. The number of anilines is 1. The van der Waals surface area contributed by atoms with Gasteiger partial charge in [-0.15, -0.1) is 0 Å². The van der Waals surface area contributed by atoms with E-state index >= 15 is 0 Å². The lowest BCUT2D eigenvalue weighted by Crippen LogP contribution is -2.39. The number of esters is 1. The van der Waals surface area contributed by atoms with E-state index in [2.05, 4.69) is 10.1 Å². The maximum Gasteiger partial charge on any atom is 0.417 e. The monoisotopic (exact) mass is 366 g/mol. The minimum atomic E-state index is -4.75. The summed E-state index contributed by atoms with van der Waals surface area (Å²) in [5.41, 5.74) is 5.14. The highest BCUT2D eigenvalue weighted by Crippen LogP contribution is 2.35. The average molecular weight is 366 g/mol. The Labute approximate surface area is 148 Å². The molecule has 0 bridgehead atoms. The molecule has 0 fully saturated rings. The van der Waals surface area contributed by atoms with Gasteiger partial charge in [-0.3, -0.25) is 4.79 Å². The van der Waals surface area contributed by atoms with Crippen molar-refractivity contribution in [1.82, 2.24) is 5.32 Å². The predicted molar refractivity (Wildman–Crippen MR) is 90.2 cm³/mol. The van der Waals surface area contributed by atoms with E-state index < -0.39 is 35.2 Å². The van der Waals surface area contributed by atoms with Crippen LogP contribution in [0.25, 0.3) is 11.1 Å². The van der Waals surface area contributed by atoms with Gasteiger partial charge in [0, 0.05) is 5.69 Å². The maximum atomic E-state index is 13.4. The topological polar surface area (TPSA) is 81.4 Å². The van der Waals surface area contributed by atoms with Crippen molar-refractivity contribution in [1.29, 1.82) is 0 Å². The van der Waals surface area contributed by atoms with Crippen molar-refractivity contribution in [3.63, 3.8) is 0 Å². The lowest BCUT2D eigenvalue weighted by atomic mass is 9.98. The number of nitrogen functional groups attached to an aromatic ring is 1. The van der Waals surface area contributed by atoms with Gasteiger partial charge in [-0.1, -0.05) is 18.2 Å². The van der Waals surface area contributed by atoms with E-state index in [4.69, 9.17) is 5.73 Å². The summed E-state index contributed by atoms with van der Waals surface area (Å²) < 4.78 is 44.8. The number of rotatable bonds is 4. The highest BCUT2D eigenvalue weighted by atomic mass is 19.4. The molecule has 0 heterocycles. The maximum absolute atomic E-state index is 13.4. The Morgan fingerprint density at radius 1 is 1.12 bits per heavy atom. The second-order valence-electron chi connectivity index (χ2n) is 5.60. The molecule has 0 radical (unpaired) electrons. The Bertz CT molecular complexity index is 835. The molecule has 0 unspecified atom stereocenters. The number of hydrogen-bond acceptors (Lipinski definition) is 4. The van der Waals surface area contributed by atoms with Gasteiger partial charge < -0.3 is 15.8 Å². The zero-order chi connectivity index (χ0) is 19.5. The van der Waals surface area contributed by atoms with Crippen molar-refractivity contribution in [3.8, 4) is 11.1 Å². The van der Waals surface area contributed by atoms with E-state index in [0.29, 0.717) is 11.3 Å². The fraction of sp³-hybridized carbons (Fsp3) is 0.222. The second kappa shape index (κ2) is 7.47. The second-order valence-corrected chi connectivity index (χ2v) is 5.60. The van der Waals surface area contributed by atoms with Crippen molar-refractivity contribution in [2.24, 2.45) is 0 Å². The van der Waals surface area contributed by atoms with E-state index in [1.165, 1.54) is 19.1 Å². The summed E-state index contributed by atoms with van der Waals surface area (Å²) in [6.45, 7) is 1.32. The van der Waals surface area contributed by atoms with Gasteiger partial charge in [0.1, 0.15) is 6.04 Å². The highest BCUT2D eigenvalue weighted by molar-refractivity contribution is 5.98. The number of hydrogen-bond donors (Lipinski definition) is 2. The number of methoxy groups -OCH3 is 1. The minimum absolute atomic E-state index is 0.266. The van der Waals surface area contributed by atoms with Crippen LogP contribution in [0.4, 0.5) is 18.9 Å². The molecule has 2 aromatic carbocycles.